The SMILES string of the molecule is CC(C)(C)OC(=O)N1CCC[C@@H](C(=O)OCc2ccccc2)C1=O.Cc1cccc2cc[nH]c12. The third-order valence-electron chi connectivity index (χ3n) is 5.36. The summed E-state index contributed by atoms with van der Waals surface area (Å²) < 4.78 is 10.4. The van der Waals surface area contributed by atoms with Crippen molar-refractivity contribution < 1.29 is 23.9 Å². The van der Waals surface area contributed by atoms with E-state index in [1.807, 2.05) is 36.5 Å². The van der Waals surface area contributed by atoms with Crippen LogP contribution in [0, 0.1) is 12.8 Å². The van der Waals surface area contributed by atoms with E-state index in [4.69, 9.17) is 9.47 Å². The van der Waals surface area contributed by atoms with Gasteiger partial charge in [0.05, 0.1) is 0 Å². The quantitative estimate of drug-likeness (QED) is 0.415. The van der Waals surface area contributed by atoms with E-state index in [1.165, 1.54) is 16.5 Å². The van der Waals surface area contributed by atoms with Crippen LogP contribution in [-0.2, 0) is 25.7 Å². The molecule has 0 radical (unpaired) electrons. The zero-order valence-corrected chi connectivity index (χ0v) is 20.2. The third-order valence-corrected chi connectivity index (χ3v) is 5.36. The van der Waals surface area contributed by atoms with Crippen molar-refractivity contribution in [1.82, 2.24) is 9.88 Å². The van der Waals surface area contributed by atoms with Crippen molar-refractivity contribution in [2.75, 3.05) is 6.54 Å². The van der Waals surface area contributed by atoms with Crippen LogP contribution in [0.1, 0.15) is 44.7 Å². The molecule has 2 amide bonds. The topological polar surface area (TPSA) is 88.7 Å². The number of aryl methyl sites for hydroxylation is 1. The lowest BCUT2D eigenvalue weighted by molar-refractivity contribution is -0.158. The molecule has 0 saturated carbocycles. The normalized spacial score (nSPS) is 15.9. The van der Waals surface area contributed by atoms with Gasteiger partial charge >= 0.3 is 12.1 Å². The summed E-state index contributed by atoms with van der Waals surface area (Å²) in [5.74, 6) is -2.10. The highest BCUT2D eigenvalue weighted by atomic mass is 16.6. The summed E-state index contributed by atoms with van der Waals surface area (Å²) in [5, 5.41) is 1.29. The molecule has 1 aromatic heterocycles. The number of hydrogen-bond donors (Lipinski definition) is 1. The van der Waals surface area contributed by atoms with Crippen molar-refractivity contribution in [2.45, 2.75) is 52.7 Å². The van der Waals surface area contributed by atoms with Crippen molar-refractivity contribution in [2.24, 2.45) is 5.92 Å². The minimum Gasteiger partial charge on any atom is -0.460 e. The maximum atomic E-state index is 12.4. The molecule has 1 N–H and O–H groups in total. The van der Waals surface area contributed by atoms with E-state index in [1.54, 1.807) is 20.8 Å². The Morgan fingerprint density at radius 3 is 2.47 bits per heavy atom. The first-order valence-electron chi connectivity index (χ1n) is 11.4. The maximum Gasteiger partial charge on any atom is 0.417 e. The molecule has 3 aromatic rings. The molecule has 7 heteroatoms. The van der Waals surface area contributed by atoms with Crippen LogP contribution in [0.25, 0.3) is 10.9 Å². The molecule has 1 fully saturated rings. The highest BCUT2D eigenvalue weighted by molar-refractivity contribution is 6.04. The van der Waals surface area contributed by atoms with Crippen LogP contribution >= 0.6 is 0 Å². The van der Waals surface area contributed by atoms with Gasteiger partial charge in [-0.2, -0.15) is 0 Å². The second-order valence-corrected chi connectivity index (χ2v) is 9.28. The monoisotopic (exact) mass is 464 g/mol. The highest BCUT2D eigenvalue weighted by Gasteiger charge is 2.39. The summed E-state index contributed by atoms with van der Waals surface area (Å²) in [7, 11) is 0. The number of amides is 2. The predicted octanol–water partition coefficient (Wildman–Crippen LogP) is 5.38. The lowest BCUT2D eigenvalue weighted by Crippen LogP contribution is -2.49. The predicted molar refractivity (Wildman–Crippen MR) is 130 cm³/mol. The van der Waals surface area contributed by atoms with Crippen molar-refractivity contribution >= 4 is 28.9 Å². The number of carbonyl (C=O) groups excluding carboxylic acids is 3. The average Bonchev–Trinajstić information content (AvgIpc) is 3.28. The smallest absolute Gasteiger partial charge is 0.417 e. The Morgan fingerprint density at radius 2 is 1.79 bits per heavy atom. The second-order valence-electron chi connectivity index (χ2n) is 9.28. The lowest BCUT2D eigenvalue weighted by atomic mass is 9.97. The molecule has 180 valence electrons. The summed E-state index contributed by atoms with van der Waals surface area (Å²) >= 11 is 0. The number of aromatic amines is 1. The molecule has 4 rings (SSSR count). The van der Waals surface area contributed by atoms with E-state index in [0.29, 0.717) is 12.8 Å². The molecule has 1 aliphatic rings. The number of nitrogens with one attached hydrogen (secondary N) is 1. The van der Waals surface area contributed by atoms with Crippen LogP contribution in [0.4, 0.5) is 4.79 Å². The Bertz CT molecular complexity index is 1130. The molecule has 2 aromatic carbocycles. The number of esters is 1. The maximum absolute atomic E-state index is 12.4. The number of fused-ring (bicyclic) bond motifs is 1. The van der Waals surface area contributed by atoms with Crippen LogP contribution < -0.4 is 0 Å². The van der Waals surface area contributed by atoms with Gasteiger partial charge in [-0.3, -0.25) is 9.59 Å². The molecule has 0 spiro atoms. The Morgan fingerprint density at radius 1 is 1.06 bits per heavy atom. The standard InChI is InChI=1S/C18H23NO5.C9H9N/c1-18(2,3)24-17(22)19-11-7-10-14(15(19)20)16(21)23-12-13-8-5-4-6-9-13;1-7-3-2-4-8-5-6-10-9(7)8/h4-6,8-9,14H,7,10-12H2,1-3H3;2-6,10H,1H3/t14-;/m1./s1. The Labute approximate surface area is 200 Å². The van der Waals surface area contributed by atoms with Gasteiger partial charge in [-0.15, -0.1) is 0 Å². The van der Waals surface area contributed by atoms with Gasteiger partial charge in [-0.05, 0) is 63.1 Å². The fourth-order valence-corrected chi connectivity index (χ4v) is 3.66. The summed E-state index contributed by atoms with van der Waals surface area (Å²) in [4.78, 5) is 40.9. The first-order valence-corrected chi connectivity index (χ1v) is 11.4. The summed E-state index contributed by atoms with van der Waals surface area (Å²) in [6.45, 7) is 7.66. The van der Waals surface area contributed by atoms with Gasteiger partial charge in [0, 0.05) is 18.3 Å². The number of nitrogens with zero attached hydrogens (tertiary/aromatic N) is 1. The Hall–Kier alpha value is -3.61. The number of hydrogen-bond acceptors (Lipinski definition) is 5. The van der Waals surface area contributed by atoms with Crippen molar-refractivity contribution in [1.29, 1.82) is 0 Å². The molecule has 34 heavy (non-hydrogen) atoms. The summed E-state index contributed by atoms with van der Waals surface area (Å²) in [5.41, 5.74) is 2.71. The first-order chi connectivity index (χ1) is 16.2. The minimum absolute atomic E-state index is 0.107. The number of imide groups is 1. The summed E-state index contributed by atoms with van der Waals surface area (Å²) in [6, 6.07) is 17.6. The fraction of sp³-hybridized carbons (Fsp3) is 0.370. The van der Waals surface area contributed by atoms with E-state index < -0.39 is 29.5 Å². The van der Waals surface area contributed by atoms with Crippen LogP contribution in [0.3, 0.4) is 0 Å². The number of carbonyl (C=O) groups is 3. The molecule has 0 bridgehead atoms. The lowest BCUT2D eigenvalue weighted by Gasteiger charge is -2.31. The number of piperidine rings is 1. The number of ether oxygens (including phenoxy) is 2. The number of benzene rings is 2. The zero-order valence-electron chi connectivity index (χ0n) is 20.2. The van der Waals surface area contributed by atoms with Crippen LogP contribution in [0.15, 0.2) is 60.8 Å². The molecular weight excluding hydrogens is 432 g/mol. The van der Waals surface area contributed by atoms with Gasteiger partial charge in [-0.25, -0.2) is 9.69 Å². The van der Waals surface area contributed by atoms with Crippen molar-refractivity contribution in [3.05, 3.63) is 71.9 Å². The molecular formula is C27H32N2O5. The highest BCUT2D eigenvalue weighted by Crippen LogP contribution is 2.22. The van der Waals surface area contributed by atoms with E-state index in [9.17, 15) is 14.4 Å². The van der Waals surface area contributed by atoms with Gasteiger partial charge < -0.3 is 14.5 Å². The summed E-state index contributed by atoms with van der Waals surface area (Å²) in [6.07, 6.45) is 2.19. The van der Waals surface area contributed by atoms with Crippen LogP contribution in [0.5, 0.6) is 0 Å². The van der Waals surface area contributed by atoms with E-state index in [0.717, 1.165) is 10.5 Å². The number of H-pyrrole nitrogens is 1. The molecule has 0 unspecified atom stereocenters. The van der Waals surface area contributed by atoms with E-state index >= 15 is 0 Å². The first kappa shape index (κ1) is 25.0. The zero-order chi connectivity index (χ0) is 24.7. The minimum atomic E-state index is -0.949. The van der Waals surface area contributed by atoms with Gasteiger partial charge in [0.1, 0.15) is 18.1 Å². The van der Waals surface area contributed by atoms with E-state index in [2.05, 4.69) is 36.2 Å². The molecule has 2 heterocycles. The molecule has 7 nitrogen and oxygen atoms in total. The van der Waals surface area contributed by atoms with Gasteiger partial charge in [0.25, 0.3) is 0 Å². The van der Waals surface area contributed by atoms with Crippen molar-refractivity contribution in [3.63, 3.8) is 0 Å². The Balaban J connectivity index is 0.000000266. The fourth-order valence-electron chi connectivity index (χ4n) is 3.66. The average molecular weight is 465 g/mol. The van der Waals surface area contributed by atoms with Gasteiger partial charge in [-0.1, -0.05) is 48.5 Å². The number of para-hydroxylation sites is 1. The molecule has 1 atom stereocenters. The third kappa shape index (κ3) is 6.70. The number of likely N-dealkylation sites (tertiary alicyclic amines) is 1. The van der Waals surface area contributed by atoms with Gasteiger partial charge in [0.2, 0.25) is 5.91 Å². The molecule has 0 aliphatic carbocycles. The number of rotatable bonds is 3. The second kappa shape index (κ2) is 11.0. The number of aromatic nitrogens is 1. The van der Waals surface area contributed by atoms with Crippen LogP contribution in [0.2, 0.25) is 0 Å². The van der Waals surface area contributed by atoms with E-state index in [-0.39, 0.29) is 13.2 Å². The molecule has 1 saturated heterocycles. The van der Waals surface area contributed by atoms with Crippen LogP contribution in [-0.4, -0.2) is 40.0 Å². The Kier molecular flexibility index (Phi) is 8.10. The van der Waals surface area contributed by atoms with Crippen molar-refractivity contribution in [3.8, 4) is 0 Å². The molecule has 1 aliphatic heterocycles. The largest absolute Gasteiger partial charge is 0.460 e. The van der Waals surface area contributed by atoms with Gasteiger partial charge in [0.15, 0.2) is 0 Å².